The van der Waals surface area contributed by atoms with Crippen molar-refractivity contribution in [2.75, 3.05) is 33.3 Å². The molecule has 1 aliphatic heterocycles. The second-order valence-corrected chi connectivity index (χ2v) is 6.40. The van der Waals surface area contributed by atoms with Crippen molar-refractivity contribution in [1.29, 1.82) is 0 Å². The number of ether oxygens (including phenoxy) is 1. The molecule has 0 spiro atoms. The lowest BCUT2D eigenvalue weighted by atomic mass is 9.88. The molecule has 0 aromatic rings. The fraction of sp³-hybridized carbons (Fsp3) is 0.889. The predicted molar refractivity (Wildman–Crippen MR) is 92.2 cm³/mol. The fourth-order valence-corrected chi connectivity index (χ4v) is 3.59. The van der Waals surface area contributed by atoms with Crippen molar-refractivity contribution in [2.24, 2.45) is 5.92 Å². The highest BCUT2D eigenvalue weighted by Crippen LogP contribution is 2.26. The average Bonchev–Trinajstić information content (AvgIpc) is 2.58. The van der Waals surface area contributed by atoms with Crippen molar-refractivity contribution in [3.63, 3.8) is 0 Å². The number of hydrogen-bond acceptors (Lipinski definition) is 4. The van der Waals surface area contributed by atoms with Gasteiger partial charge in [0.25, 0.3) is 0 Å². The van der Waals surface area contributed by atoms with Crippen molar-refractivity contribution in [3.05, 3.63) is 0 Å². The van der Waals surface area contributed by atoms with Gasteiger partial charge in [-0.25, -0.2) is 0 Å². The highest BCUT2D eigenvalue weighted by atomic mass is 16.5. The maximum atomic E-state index is 11.6. The lowest BCUT2D eigenvalue weighted by Gasteiger charge is -2.42. The van der Waals surface area contributed by atoms with Gasteiger partial charge in [0, 0.05) is 39.1 Å². The minimum atomic E-state index is -0.181. The predicted octanol–water partition coefficient (Wildman–Crippen LogP) is 2.69. The zero-order valence-electron chi connectivity index (χ0n) is 15.3. The number of piperazine rings is 1. The molecule has 0 radical (unpaired) electrons. The van der Waals surface area contributed by atoms with Crippen LogP contribution in [0.15, 0.2) is 0 Å². The van der Waals surface area contributed by atoms with Crippen LogP contribution in [0.2, 0.25) is 0 Å². The second-order valence-electron chi connectivity index (χ2n) is 6.40. The Bertz CT molecular complexity index is 367. The largest absolute Gasteiger partial charge is 0.469 e. The summed E-state index contributed by atoms with van der Waals surface area (Å²) >= 11 is 0. The number of carbonyl (C=O) groups excluding carboxylic acids is 2. The van der Waals surface area contributed by atoms with Gasteiger partial charge < -0.3 is 9.64 Å². The number of esters is 1. The van der Waals surface area contributed by atoms with Gasteiger partial charge in [0.2, 0.25) is 5.91 Å². The van der Waals surface area contributed by atoms with E-state index in [1.807, 2.05) is 18.7 Å². The van der Waals surface area contributed by atoms with Gasteiger partial charge in [-0.15, -0.1) is 0 Å². The van der Waals surface area contributed by atoms with Crippen LogP contribution in [0.5, 0.6) is 0 Å². The minimum Gasteiger partial charge on any atom is -0.469 e. The highest BCUT2D eigenvalue weighted by molar-refractivity contribution is 5.74. The van der Waals surface area contributed by atoms with Crippen LogP contribution in [0.4, 0.5) is 0 Å². The Morgan fingerprint density at radius 2 is 1.74 bits per heavy atom. The van der Waals surface area contributed by atoms with E-state index >= 15 is 0 Å². The lowest BCUT2D eigenvalue weighted by molar-refractivity contribution is -0.144. The van der Waals surface area contributed by atoms with E-state index in [0.717, 1.165) is 25.6 Å². The SMILES string of the molecule is CC.COC(=O)CC1CN(C(C)=O)CCN1CC1CCCCC1. The van der Waals surface area contributed by atoms with Crippen LogP contribution in [-0.4, -0.2) is 61.0 Å². The van der Waals surface area contributed by atoms with Gasteiger partial charge in [-0.05, 0) is 18.8 Å². The van der Waals surface area contributed by atoms with Crippen molar-refractivity contribution < 1.29 is 14.3 Å². The Morgan fingerprint density at radius 1 is 1.09 bits per heavy atom. The molecule has 1 atom stereocenters. The number of rotatable bonds is 4. The topological polar surface area (TPSA) is 49.9 Å². The summed E-state index contributed by atoms with van der Waals surface area (Å²) in [5, 5.41) is 0. The third kappa shape index (κ3) is 6.50. The molecule has 0 aromatic carbocycles. The third-order valence-corrected chi connectivity index (χ3v) is 4.90. The first-order valence-corrected chi connectivity index (χ1v) is 9.16. The van der Waals surface area contributed by atoms with Crippen molar-refractivity contribution in [1.82, 2.24) is 9.80 Å². The minimum absolute atomic E-state index is 0.0992. The van der Waals surface area contributed by atoms with Crippen LogP contribution in [0.3, 0.4) is 0 Å². The molecule has 2 fully saturated rings. The summed E-state index contributed by atoms with van der Waals surface area (Å²) in [7, 11) is 1.43. The molecule has 1 unspecified atom stereocenters. The monoisotopic (exact) mass is 326 g/mol. The summed E-state index contributed by atoms with van der Waals surface area (Å²) in [4.78, 5) is 27.5. The zero-order chi connectivity index (χ0) is 17.2. The van der Waals surface area contributed by atoms with E-state index in [9.17, 15) is 9.59 Å². The summed E-state index contributed by atoms with van der Waals surface area (Å²) in [6.07, 6.45) is 7.02. The quantitative estimate of drug-likeness (QED) is 0.745. The lowest BCUT2D eigenvalue weighted by Crippen LogP contribution is -2.56. The number of amides is 1. The number of nitrogens with zero attached hydrogens (tertiary/aromatic N) is 2. The molecule has 1 heterocycles. The molecule has 1 saturated carbocycles. The molecule has 0 bridgehead atoms. The molecule has 2 rings (SSSR count). The van der Waals surface area contributed by atoms with E-state index in [1.54, 1.807) is 6.92 Å². The number of hydrogen-bond donors (Lipinski definition) is 0. The van der Waals surface area contributed by atoms with Crippen LogP contribution in [0, 0.1) is 5.92 Å². The molecule has 2 aliphatic rings. The summed E-state index contributed by atoms with van der Waals surface area (Å²) in [6, 6.07) is 0.108. The van der Waals surface area contributed by atoms with E-state index < -0.39 is 0 Å². The average molecular weight is 326 g/mol. The molecule has 134 valence electrons. The van der Waals surface area contributed by atoms with Gasteiger partial charge in [0.15, 0.2) is 0 Å². The summed E-state index contributed by atoms with van der Waals surface area (Å²) in [5.74, 6) is 0.670. The van der Waals surface area contributed by atoms with E-state index in [0.29, 0.717) is 13.0 Å². The third-order valence-electron chi connectivity index (χ3n) is 4.90. The van der Waals surface area contributed by atoms with Crippen LogP contribution in [0.25, 0.3) is 0 Å². The van der Waals surface area contributed by atoms with Crippen LogP contribution in [-0.2, 0) is 14.3 Å². The molecule has 5 nitrogen and oxygen atoms in total. The van der Waals surface area contributed by atoms with Crippen molar-refractivity contribution in [3.8, 4) is 0 Å². The van der Waals surface area contributed by atoms with Gasteiger partial charge in [0.05, 0.1) is 13.5 Å². The Morgan fingerprint density at radius 3 is 2.30 bits per heavy atom. The highest BCUT2D eigenvalue weighted by Gasteiger charge is 2.31. The number of methoxy groups -OCH3 is 1. The second kappa shape index (κ2) is 10.6. The maximum Gasteiger partial charge on any atom is 0.307 e. The van der Waals surface area contributed by atoms with Crippen LogP contribution >= 0.6 is 0 Å². The first kappa shape index (κ1) is 19.9. The normalized spacial score (nSPS) is 23.0. The van der Waals surface area contributed by atoms with E-state index in [2.05, 4.69) is 4.90 Å². The van der Waals surface area contributed by atoms with Crippen LogP contribution in [0.1, 0.15) is 59.3 Å². The molecule has 0 aromatic heterocycles. The van der Waals surface area contributed by atoms with Gasteiger partial charge in [-0.1, -0.05) is 33.1 Å². The van der Waals surface area contributed by atoms with E-state index in [1.165, 1.54) is 39.2 Å². The summed E-state index contributed by atoms with van der Waals surface area (Å²) in [5.41, 5.74) is 0. The smallest absolute Gasteiger partial charge is 0.307 e. The Hall–Kier alpha value is -1.10. The van der Waals surface area contributed by atoms with Gasteiger partial charge >= 0.3 is 5.97 Å². The Balaban J connectivity index is 0.00000127. The molecular weight excluding hydrogens is 292 g/mol. The van der Waals surface area contributed by atoms with Gasteiger partial charge in [-0.2, -0.15) is 0 Å². The fourth-order valence-electron chi connectivity index (χ4n) is 3.59. The molecule has 1 amide bonds. The number of carbonyl (C=O) groups is 2. The summed E-state index contributed by atoms with van der Waals surface area (Å²) < 4.78 is 4.82. The Kier molecular flexibility index (Phi) is 9.22. The van der Waals surface area contributed by atoms with Crippen molar-refractivity contribution >= 4 is 11.9 Å². The van der Waals surface area contributed by atoms with Gasteiger partial charge in [0.1, 0.15) is 0 Å². The summed E-state index contributed by atoms with van der Waals surface area (Å²) in [6.45, 7) is 8.97. The van der Waals surface area contributed by atoms with Crippen molar-refractivity contribution in [2.45, 2.75) is 65.3 Å². The molecule has 1 aliphatic carbocycles. The molecular formula is C18H34N2O3. The molecule has 0 N–H and O–H groups in total. The molecule has 1 saturated heterocycles. The van der Waals surface area contributed by atoms with Crippen LogP contribution < -0.4 is 0 Å². The first-order chi connectivity index (χ1) is 11.1. The molecule has 5 heteroatoms. The first-order valence-electron chi connectivity index (χ1n) is 9.16. The van der Waals surface area contributed by atoms with E-state index in [-0.39, 0.29) is 17.9 Å². The van der Waals surface area contributed by atoms with Gasteiger partial charge in [-0.3, -0.25) is 14.5 Å². The maximum absolute atomic E-state index is 11.6. The standard InChI is InChI=1S/C16H28N2O3.C2H6/c1-13(19)17-8-9-18(11-14-6-4-3-5-7-14)15(12-17)10-16(20)21-2;1-2/h14-15H,3-12H2,1-2H3;1-2H3. The molecule has 23 heavy (non-hydrogen) atoms. The zero-order valence-corrected chi connectivity index (χ0v) is 15.3. The van der Waals surface area contributed by atoms with E-state index in [4.69, 9.17) is 4.74 Å². The Labute approximate surface area is 141 Å².